The SMILES string of the molecule is Cc1ccc(S(=O)(=O)N[C@H](Cc2ccccc2)C(=O)NCc2cccc(-c3cccc([C@@H]4O[C@H](CN(C)CCc5ccccn5)[C@H](C)[C@H](c5ccc(CO)cc5)O4)c3)c2)cc1. The summed E-state index contributed by atoms with van der Waals surface area (Å²) in [5, 5.41) is 12.7. The number of sulfonamides is 1. The fourth-order valence-corrected chi connectivity index (χ4v) is 8.82. The van der Waals surface area contributed by atoms with E-state index < -0.39 is 28.3 Å². The Kier molecular flexibility index (Phi) is 14.5. The molecule has 0 saturated carbocycles. The second kappa shape index (κ2) is 20.4. The Labute approximate surface area is 359 Å². The number of nitrogens with one attached hydrogen (secondary N) is 2. The van der Waals surface area contributed by atoms with Crippen molar-refractivity contribution in [3.63, 3.8) is 0 Å². The third-order valence-corrected chi connectivity index (χ3v) is 12.7. The van der Waals surface area contributed by atoms with E-state index in [1.165, 1.54) is 0 Å². The number of hydrogen-bond acceptors (Lipinski definition) is 8. The van der Waals surface area contributed by atoms with Crippen LogP contribution in [0.4, 0.5) is 0 Å². The van der Waals surface area contributed by atoms with Crippen molar-refractivity contribution in [3.8, 4) is 11.1 Å². The molecule has 61 heavy (non-hydrogen) atoms. The molecule has 5 aromatic carbocycles. The molecular formula is C50H54N4O6S. The van der Waals surface area contributed by atoms with Crippen LogP contribution >= 0.6 is 0 Å². The molecule has 1 fully saturated rings. The molecule has 7 rings (SSSR count). The maximum atomic E-state index is 13.8. The number of ether oxygens (including phenoxy) is 2. The summed E-state index contributed by atoms with van der Waals surface area (Å²) >= 11 is 0. The second-order valence-electron chi connectivity index (χ2n) is 15.9. The van der Waals surface area contributed by atoms with Crippen molar-refractivity contribution in [2.75, 3.05) is 20.1 Å². The zero-order valence-electron chi connectivity index (χ0n) is 34.9. The molecule has 10 nitrogen and oxygen atoms in total. The van der Waals surface area contributed by atoms with Gasteiger partial charge >= 0.3 is 0 Å². The number of amides is 1. The van der Waals surface area contributed by atoms with Crippen molar-refractivity contribution in [2.24, 2.45) is 5.92 Å². The third-order valence-electron chi connectivity index (χ3n) is 11.2. The van der Waals surface area contributed by atoms with Gasteiger partial charge in [-0.25, -0.2) is 8.42 Å². The van der Waals surface area contributed by atoms with Gasteiger partial charge in [-0.15, -0.1) is 0 Å². The largest absolute Gasteiger partial charge is 0.392 e. The van der Waals surface area contributed by atoms with Crippen LogP contribution in [0.5, 0.6) is 0 Å². The monoisotopic (exact) mass is 838 g/mol. The molecule has 6 aromatic rings. The molecule has 0 bridgehead atoms. The number of aryl methyl sites for hydroxylation is 1. The number of carbonyl (C=O) groups is 1. The van der Waals surface area contributed by atoms with Crippen LogP contribution in [-0.4, -0.2) is 61.6 Å². The molecule has 0 aliphatic carbocycles. The standard InChI is InChI=1S/C50H54N4O6S/c1-35-18-24-45(25-19-35)61(57,58)53-46(30-37-11-5-4-6-12-37)49(56)52-32-39-13-9-14-41(29-39)42-15-10-16-43(31-42)50-59-47(33-54(3)28-26-44-17-7-8-27-51-44)36(2)48(60-50)40-22-20-38(34-55)21-23-40/h4-25,27,29,31,36,46-48,50,53,55H,26,28,30,32-34H2,1-3H3,(H,52,56)/t36-,46+,47+,48+,50+/m0/s1. The molecule has 1 amide bonds. The maximum Gasteiger partial charge on any atom is 0.241 e. The summed E-state index contributed by atoms with van der Waals surface area (Å²) in [5.74, 6) is -0.390. The van der Waals surface area contributed by atoms with Crippen LogP contribution in [0.2, 0.25) is 0 Å². The van der Waals surface area contributed by atoms with E-state index in [4.69, 9.17) is 9.47 Å². The summed E-state index contributed by atoms with van der Waals surface area (Å²) in [6, 6.07) is 44.9. The lowest BCUT2D eigenvalue weighted by Crippen LogP contribution is -2.47. The Bertz CT molecular complexity index is 2450. The van der Waals surface area contributed by atoms with Gasteiger partial charge in [0, 0.05) is 49.4 Å². The summed E-state index contributed by atoms with van der Waals surface area (Å²) in [7, 11) is -1.87. The average molecular weight is 839 g/mol. The van der Waals surface area contributed by atoms with Gasteiger partial charge in [0.15, 0.2) is 6.29 Å². The number of pyridine rings is 1. The molecule has 0 radical (unpaired) electrons. The van der Waals surface area contributed by atoms with E-state index in [0.29, 0.717) is 6.54 Å². The van der Waals surface area contributed by atoms with Gasteiger partial charge in [-0.3, -0.25) is 9.78 Å². The molecule has 0 unspecified atom stereocenters. The maximum absolute atomic E-state index is 13.8. The van der Waals surface area contributed by atoms with Gasteiger partial charge in [0.25, 0.3) is 0 Å². The first-order valence-corrected chi connectivity index (χ1v) is 22.2. The van der Waals surface area contributed by atoms with Gasteiger partial charge in [0.1, 0.15) is 6.04 Å². The molecule has 5 atom stereocenters. The van der Waals surface area contributed by atoms with Crippen molar-refractivity contribution < 1.29 is 27.8 Å². The van der Waals surface area contributed by atoms with Crippen molar-refractivity contribution in [3.05, 3.63) is 191 Å². The van der Waals surface area contributed by atoms with E-state index >= 15 is 0 Å². The minimum atomic E-state index is -3.97. The zero-order valence-corrected chi connectivity index (χ0v) is 35.7. The van der Waals surface area contributed by atoms with E-state index in [-0.39, 0.29) is 42.6 Å². The number of benzene rings is 5. The molecule has 11 heteroatoms. The summed E-state index contributed by atoms with van der Waals surface area (Å²) in [6.07, 6.45) is 1.81. The van der Waals surface area contributed by atoms with Crippen LogP contribution in [0.25, 0.3) is 11.1 Å². The number of aliphatic hydroxyl groups is 1. The number of hydrogen-bond donors (Lipinski definition) is 3. The van der Waals surface area contributed by atoms with Gasteiger partial charge in [-0.2, -0.15) is 4.72 Å². The molecule has 2 heterocycles. The lowest BCUT2D eigenvalue weighted by Gasteiger charge is -2.42. The Morgan fingerprint density at radius 2 is 1.49 bits per heavy atom. The van der Waals surface area contributed by atoms with E-state index in [1.807, 2.05) is 128 Å². The molecule has 0 spiro atoms. The number of aliphatic hydroxyl groups excluding tert-OH is 1. The van der Waals surface area contributed by atoms with Crippen molar-refractivity contribution in [1.29, 1.82) is 0 Å². The Morgan fingerprint density at radius 3 is 2.21 bits per heavy atom. The normalized spacial score (nSPS) is 18.4. The van der Waals surface area contributed by atoms with Gasteiger partial charge < -0.3 is 24.8 Å². The number of aromatic nitrogens is 1. The quantitative estimate of drug-likeness (QED) is 0.0852. The first kappa shape index (κ1) is 43.6. The first-order chi connectivity index (χ1) is 29.5. The number of likely N-dealkylation sites (N-methyl/N-ethyl adjacent to an activating group) is 1. The lowest BCUT2D eigenvalue weighted by atomic mass is 9.90. The Hall–Kier alpha value is -5.53. The van der Waals surface area contributed by atoms with Gasteiger partial charge in [-0.1, -0.05) is 122 Å². The van der Waals surface area contributed by atoms with E-state index in [1.54, 1.807) is 24.3 Å². The number of rotatable bonds is 17. The lowest BCUT2D eigenvalue weighted by molar-refractivity contribution is -0.275. The van der Waals surface area contributed by atoms with Crippen LogP contribution in [0.1, 0.15) is 58.4 Å². The van der Waals surface area contributed by atoms with E-state index in [9.17, 15) is 18.3 Å². The van der Waals surface area contributed by atoms with Gasteiger partial charge in [0.05, 0.1) is 23.7 Å². The fourth-order valence-electron chi connectivity index (χ4n) is 7.63. The summed E-state index contributed by atoms with van der Waals surface area (Å²) in [6.45, 7) is 5.76. The summed E-state index contributed by atoms with van der Waals surface area (Å²) < 4.78 is 43.1. The highest BCUT2D eigenvalue weighted by molar-refractivity contribution is 7.89. The fraction of sp³-hybridized carbons (Fsp3) is 0.280. The highest BCUT2D eigenvalue weighted by atomic mass is 32.2. The molecular weight excluding hydrogens is 785 g/mol. The van der Waals surface area contributed by atoms with Crippen LogP contribution < -0.4 is 10.0 Å². The minimum absolute atomic E-state index is 0.0258. The van der Waals surface area contributed by atoms with Crippen LogP contribution in [0, 0.1) is 12.8 Å². The zero-order chi connectivity index (χ0) is 42.8. The predicted molar refractivity (Wildman–Crippen MR) is 238 cm³/mol. The van der Waals surface area contributed by atoms with Gasteiger partial charge in [-0.05, 0) is 90.2 Å². The van der Waals surface area contributed by atoms with E-state index in [2.05, 4.69) is 40.0 Å². The molecule has 1 aliphatic heterocycles. The topological polar surface area (TPSA) is 130 Å². The molecule has 1 saturated heterocycles. The average Bonchev–Trinajstić information content (AvgIpc) is 3.29. The van der Waals surface area contributed by atoms with Crippen molar-refractivity contribution in [1.82, 2.24) is 19.9 Å². The number of nitrogens with zero attached hydrogens (tertiary/aromatic N) is 2. The first-order valence-electron chi connectivity index (χ1n) is 20.7. The Balaban J connectivity index is 1.07. The smallest absolute Gasteiger partial charge is 0.241 e. The highest BCUT2D eigenvalue weighted by Gasteiger charge is 2.39. The molecule has 1 aliphatic rings. The van der Waals surface area contributed by atoms with Gasteiger partial charge in [0.2, 0.25) is 15.9 Å². The molecule has 1 aromatic heterocycles. The summed E-state index contributed by atoms with van der Waals surface area (Å²) in [5.41, 5.74) is 8.33. The highest BCUT2D eigenvalue weighted by Crippen LogP contribution is 2.42. The molecule has 316 valence electrons. The van der Waals surface area contributed by atoms with Crippen LogP contribution in [0.3, 0.4) is 0 Å². The Morgan fingerprint density at radius 1 is 0.787 bits per heavy atom. The predicted octanol–water partition coefficient (Wildman–Crippen LogP) is 7.72. The second-order valence-corrected chi connectivity index (χ2v) is 17.6. The van der Waals surface area contributed by atoms with Crippen molar-refractivity contribution >= 4 is 15.9 Å². The van der Waals surface area contributed by atoms with Crippen molar-refractivity contribution in [2.45, 2.75) is 69.3 Å². The molecule has 3 N–H and O–H groups in total. The van der Waals surface area contributed by atoms with Crippen LogP contribution in [-0.2, 0) is 50.3 Å². The van der Waals surface area contributed by atoms with Crippen LogP contribution in [0.15, 0.2) is 157 Å². The minimum Gasteiger partial charge on any atom is -0.392 e. The number of carbonyl (C=O) groups excluding carboxylic acids is 1. The summed E-state index contributed by atoms with van der Waals surface area (Å²) in [4.78, 5) is 20.6. The third kappa shape index (κ3) is 11.6. The van der Waals surface area contributed by atoms with E-state index in [0.717, 1.165) is 63.2 Å².